The van der Waals surface area contributed by atoms with Crippen molar-refractivity contribution in [1.82, 2.24) is 4.90 Å². The largest absolute Gasteiger partial charge is 0.325 e. The van der Waals surface area contributed by atoms with Gasteiger partial charge in [0.1, 0.15) is 0 Å². The SMILES string of the molecule is CC1(C)N(CCCc2ccccc2)CCC12C(=O)Nc1ccccc12. The number of para-hydroxylation sites is 1. The summed E-state index contributed by atoms with van der Waals surface area (Å²) in [6, 6.07) is 18.8. The third-order valence-electron chi connectivity index (χ3n) is 6.35. The Bertz CT molecular complexity index is 784. The Balaban J connectivity index is 1.53. The molecule has 25 heavy (non-hydrogen) atoms. The Morgan fingerprint density at radius 2 is 1.76 bits per heavy atom. The maximum absolute atomic E-state index is 13.0. The maximum atomic E-state index is 13.0. The fourth-order valence-corrected chi connectivity index (χ4v) is 4.84. The molecule has 1 amide bonds. The molecule has 2 aliphatic heterocycles. The Morgan fingerprint density at radius 1 is 1.04 bits per heavy atom. The van der Waals surface area contributed by atoms with E-state index in [1.165, 1.54) is 11.1 Å². The second-order valence-electron chi connectivity index (χ2n) is 7.79. The monoisotopic (exact) mass is 334 g/mol. The van der Waals surface area contributed by atoms with Crippen molar-refractivity contribution in [2.75, 3.05) is 18.4 Å². The van der Waals surface area contributed by atoms with Gasteiger partial charge in [0.2, 0.25) is 5.91 Å². The zero-order valence-electron chi connectivity index (χ0n) is 15.1. The molecule has 2 aliphatic rings. The molecule has 2 heterocycles. The number of amides is 1. The summed E-state index contributed by atoms with van der Waals surface area (Å²) in [6.45, 7) is 6.48. The first-order valence-corrected chi connectivity index (χ1v) is 9.26. The van der Waals surface area contributed by atoms with E-state index in [4.69, 9.17) is 0 Å². The van der Waals surface area contributed by atoms with Crippen LogP contribution >= 0.6 is 0 Å². The van der Waals surface area contributed by atoms with Crippen LogP contribution in [0.2, 0.25) is 0 Å². The lowest BCUT2D eigenvalue weighted by Gasteiger charge is -2.42. The van der Waals surface area contributed by atoms with E-state index in [0.29, 0.717) is 0 Å². The smallest absolute Gasteiger partial charge is 0.237 e. The minimum atomic E-state index is -0.420. The first kappa shape index (κ1) is 16.3. The van der Waals surface area contributed by atoms with E-state index in [1.54, 1.807) is 0 Å². The maximum Gasteiger partial charge on any atom is 0.237 e. The molecule has 1 spiro atoms. The lowest BCUT2D eigenvalue weighted by molar-refractivity contribution is -0.123. The fourth-order valence-electron chi connectivity index (χ4n) is 4.84. The Kier molecular flexibility index (Phi) is 3.92. The number of carbonyl (C=O) groups is 1. The Labute approximate surface area is 150 Å². The number of aryl methyl sites for hydroxylation is 1. The van der Waals surface area contributed by atoms with E-state index < -0.39 is 5.41 Å². The molecule has 0 saturated carbocycles. The van der Waals surface area contributed by atoms with Gasteiger partial charge in [0.15, 0.2) is 0 Å². The third-order valence-corrected chi connectivity index (χ3v) is 6.35. The van der Waals surface area contributed by atoms with Crippen molar-refractivity contribution >= 4 is 11.6 Å². The number of hydrogen-bond donors (Lipinski definition) is 1. The van der Waals surface area contributed by atoms with Crippen molar-refractivity contribution in [1.29, 1.82) is 0 Å². The summed E-state index contributed by atoms with van der Waals surface area (Å²) in [7, 11) is 0. The van der Waals surface area contributed by atoms with E-state index in [-0.39, 0.29) is 11.4 Å². The third kappa shape index (κ3) is 2.41. The van der Waals surface area contributed by atoms with Gasteiger partial charge >= 0.3 is 0 Å². The Hall–Kier alpha value is -2.13. The molecule has 3 nitrogen and oxygen atoms in total. The standard InChI is InChI=1S/C22H26N2O/c1-21(2)22(18-12-6-7-13-19(18)23-20(22)25)14-16-24(21)15-8-11-17-9-4-3-5-10-17/h3-7,9-10,12-13H,8,11,14-16H2,1-2H3,(H,23,25). The lowest BCUT2D eigenvalue weighted by atomic mass is 9.68. The summed E-state index contributed by atoms with van der Waals surface area (Å²) < 4.78 is 0. The van der Waals surface area contributed by atoms with Gasteiger partial charge in [0.25, 0.3) is 0 Å². The summed E-state index contributed by atoms with van der Waals surface area (Å²) in [4.78, 5) is 15.5. The highest BCUT2D eigenvalue weighted by atomic mass is 16.2. The van der Waals surface area contributed by atoms with E-state index in [0.717, 1.165) is 38.0 Å². The van der Waals surface area contributed by atoms with Gasteiger partial charge in [-0.05, 0) is 56.8 Å². The number of rotatable bonds is 4. The highest BCUT2D eigenvalue weighted by molar-refractivity contribution is 6.07. The van der Waals surface area contributed by atoms with Crippen LogP contribution in [0.25, 0.3) is 0 Å². The molecule has 0 aliphatic carbocycles. The van der Waals surface area contributed by atoms with Crippen LogP contribution in [-0.4, -0.2) is 29.4 Å². The minimum Gasteiger partial charge on any atom is -0.325 e. The average Bonchev–Trinajstić information content (AvgIpc) is 3.05. The van der Waals surface area contributed by atoms with Crippen molar-refractivity contribution in [2.45, 2.75) is 44.1 Å². The van der Waals surface area contributed by atoms with Gasteiger partial charge in [-0.15, -0.1) is 0 Å². The summed E-state index contributed by atoms with van der Waals surface area (Å²) in [6.07, 6.45) is 3.10. The van der Waals surface area contributed by atoms with Crippen LogP contribution in [-0.2, 0) is 16.6 Å². The van der Waals surface area contributed by atoms with E-state index >= 15 is 0 Å². The number of nitrogens with one attached hydrogen (secondary N) is 1. The molecule has 1 fully saturated rings. The second-order valence-corrected chi connectivity index (χ2v) is 7.79. The van der Waals surface area contributed by atoms with E-state index in [1.807, 2.05) is 12.1 Å². The van der Waals surface area contributed by atoms with Gasteiger partial charge in [-0.3, -0.25) is 9.69 Å². The van der Waals surface area contributed by atoms with Gasteiger partial charge < -0.3 is 5.32 Å². The van der Waals surface area contributed by atoms with Crippen molar-refractivity contribution in [2.24, 2.45) is 0 Å². The first-order chi connectivity index (χ1) is 12.1. The van der Waals surface area contributed by atoms with Gasteiger partial charge in [0.05, 0.1) is 5.41 Å². The average molecular weight is 334 g/mol. The predicted octanol–water partition coefficient (Wildman–Crippen LogP) is 3.99. The quantitative estimate of drug-likeness (QED) is 0.917. The molecule has 1 saturated heterocycles. The van der Waals surface area contributed by atoms with Crippen molar-refractivity contribution in [3.63, 3.8) is 0 Å². The molecule has 2 aromatic carbocycles. The molecular formula is C22H26N2O. The molecule has 1 N–H and O–H groups in total. The fraction of sp³-hybridized carbons (Fsp3) is 0.409. The van der Waals surface area contributed by atoms with Crippen LogP contribution in [0, 0.1) is 0 Å². The first-order valence-electron chi connectivity index (χ1n) is 9.26. The molecule has 4 rings (SSSR count). The van der Waals surface area contributed by atoms with Gasteiger partial charge in [-0.1, -0.05) is 48.5 Å². The summed E-state index contributed by atoms with van der Waals surface area (Å²) in [5.41, 5.74) is 2.96. The molecule has 1 unspecified atom stereocenters. The number of likely N-dealkylation sites (tertiary alicyclic amines) is 1. The summed E-state index contributed by atoms with van der Waals surface area (Å²) >= 11 is 0. The summed E-state index contributed by atoms with van der Waals surface area (Å²) in [5, 5.41) is 3.12. The topological polar surface area (TPSA) is 32.3 Å². The predicted molar refractivity (Wildman–Crippen MR) is 102 cm³/mol. The summed E-state index contributed by atoms with van der Waals surface area (Å²) in [5.74, 6) is 0.171. The molecular weight excluding hydrogens is 308 g/mol. The molecule has 2 aromatic rings. The van der Waals surface area contributed by atoms with E-state index in [9.17, 15) is 4.79 Å². The number of fused-ring (bicyclic) bond motifs is 2. The van der Waals surface area contributed by atoms with Crippen LogP contribution < -0.4 is 5.32 Å². The van der Waals surface area contributed by atoms with Crippen LogP contribution in [0.4, 0.5) is 5.69 Å². The molecule has 0 aromatic heterocycles. The second kappa shape index (κ2) is 5.99. The Morgan fingerprint density at radius 3 is 2.56 bits per heavy atom. The van der Waals surface area contributed by atoms with Crippen LogP contribution in [0.15, 0.2) is 54.6 Å². The minimum absolute atomic E-state index is 0.171. The zero-order chi connectivity index (χ0) is 17.5. The number of hydrogen-bond acceptors (Lipinski definition) is 2. The molecule has 130 valence electrons. The molecule has 3 heteroatoms. The van der Waals surface area contributed by atoms with E-state index in [2.05, 4.69) is 66.5 Å². The number of carbonyl (C=O) groups excluding carboxylic acids is 1. The van der Waals surface area contributed by atoms with Crippen molar-refractivity contribution in [3.05, 3.63) is 65.7 Å². The number of benzene rings is 2. The lowest BCUT2D eigenvalue weighted by Crippen LogP contribution is -2.55. The number of nitrogens with zero attached hydrogens (tertiary/aromatic N) is 1. The van der Waals surface area contributed by atoms with Crippen molar-refractivity contribution < 1.29 is 4.79 Å². The zero-order valence-corrected chi connectivity index (χ0v) is 15.1. The van der Waals surface area contributed by atoms with Gasteiger partial charge in [0, 0.05) is 17.8 Å². The van der Waals surface area contributed by atoms with Crippen LogP contribution in [0.3, 0.4) is 0 Å². The van der Waals surface area contributed by atoms with Gasteiger partial charge in [-0.25, -0.2) is 0 Å². The molecule has 1 atom stereocenters. The van der Waals surface area contributed by atoms with Crippen LogP contribution in [0.1, 0.15) is 37.8 Å². The molecule has 0 bridgehead atoms. The molecule has 0 radical (unpaired) electrons. The van der Waals surface area contributed by atoms with Gasteiger partial charge in [-0.2, -0.15) is 0 Å². The van der Waals surface area contributed by atoms with Crippen molar-refractivity contribution in [3.8, 4) is 0 Å². The number of anilines is 1. The highest BCUT2D eigenvalue weighted by Gasteiger charge is 2.61. The normalized spacial score (nSPS) is 24.5. The van der Waals surface area contributed by atoms with Crippen LogP contribution in [0.5, 0.6) is 0 Å². The highest BCUT2D eigenvalue weighted by Crippen LogP contribution is 2.53.